The van der Waals surface area contributed by atoms with Crippen LogP contribution in [0.5, 0.6) is 0 Å². The lowest BCUT2D eigenvalue weighted by Crippen LogP contribution is -2.29. The molecule has 0 saturated carbocycles. The molecule has 5 heteroatoms. The molecule has 0 radical (unpaired) electrons. The van der Waals surface area contributed by atoms with Crippen molar-refractivity contribution >= 4 is 11.9 Å². The van der Waals surface area contributed by atoms with Crippen LogP contribution in [0.3, 0.4) is 0 Å². The molecule has 1 fully saturated rings. The van der Waals surface area contributed by atoms with Crippen LogP contribution in [0.25, 0.3) is 0 Å². The topological polar surface area (TPSA) is 58.1 Å². The maximum absolute atomic E-state index is 12.3. The fourth-order valence-corrected chi connectivity index (χ4v) is 2.31. The number of aromatic nitrogens is 2. The molecule has 2 rings (SSSR count). The van der Waals surface area contributed by atoms with Crippen molar-refractivity contribution < 1.29 is 4.79 Å². The molecule has 0 bridgehead atoms. The second-order valence-corrected chi connectivity index (χ2v) is 6.43. The summed E-state index contributed by atoms with van der Waals surface area (Å²) in [5.74, 6) is 1.31. The van der Waals surface area contributed by atoms with E-state index in [0.29, 0.717) is 24.1 Å². The van der Waals surface area contributed by atoms with E-state index >= 15 is 0 Å². The van der Waals surface area contributed by atoms with Crippen molar-refractivity contribution in [1.29, 1.82) is 0 Å². The minimum atomic E-state index is -0.103. The second-order valence-electron chi connectivity index (χ2n) is 6.43. The fraction of sp³-hybridized carbons (Fsp3) is 0.688. The molecule has 0 aliphatic carbocycles. The Labute approximate surface area is 127 Å². The highest BCUT2D eigenvalue weighted by atomic mass is 16.1. The predicted octanol–water partition coefficient (Wildman–Crippen LogP) is 2.59. The van der Waals surface area contributed by atoms with Crippen molar-refractivity contribution in [3.8, 4) is 0 Å². The Balaban J connectivity index is 2.24. The standard InChI is InChI=1S/C16H26N4O/c1-11(2)10-17-15(21)14-9-13(12(3)4)18-16(19-14)20-7-5-6-8-20/h9,11-12H,5-8,10H2,1-4H3,(H,17,21). The van der Waals surface area contributed by atoms with Gasteiger partial charge in [-0.1, -0.05) is 27.7 Å². The number of nitrogens with zero attached hydrogens (tertiary/aromatic N) is 3. The van der Waals surface area contributed by atoms with E-state index in [-0.39, 0.29) is 11.8 Å². The van der Waals surface area contributed by atoms with Crippen LogP contribution >= 0.6 is 0 Å². The van der Waals surface area contributed by atoms with Crippen LogP contribution in [0, 0.1) is 5.92 Å². The lowest BCUT2D eigenvalue weighted by Gasteiger charge is -2.18. The maximum atomic E-state index is 12.3. The lowest BCUT2D eigenvalue weighted by molar-refractivity contribution is 0.0943. The van der Waals surface area contributed by atoms with Gasteiger partial charge in [-0.15, -0.1) is 0 Å². The molecule has 1 aromatic rings. The van der Waals surface area contributed by atoms with E-state index in [9.17, 15) is 4.79 Å². The maximum Gasteiger partial charge on any atom is 0.270 e. The molecule has 5 nitrogen and oxygen atoms in total. The van der Waals surface area contributed by atoms with Crippen LogP contribution in [0.4, 0.5) is 5.95 Å². The zero-order valence-corrected chi connectivity index (χ0v) is 13.5. The van der Waals surface area contributed by atoms with Crippen molar-refractivity contribution in [1.82, 2.24) is 15.3 Å². The second kappa shape index (κ2) is 6.87. The molecule has 1 saturated heterocycles. The van der Waals surface area contributed by atoms with Gasteiger partial charge in [0.1, 0.15) is 5.69 Å². The average molecular weight is 290 g/mol. The summed E-state index contributed by atoms with van der Waals surface area (Å²) < 4.78 is 0. The lowest BCUT2D eigenvalue weighted by atomic mass is 10.1. The van der Waals surface area contributed by atoms with Crippen LogP contribution in [0.15, 0.2) is 6.07 Å². The molecule has 1 aliphatic heterocycles. The molecule has 21 heavy (non-hydrogen) atoms. The van der Waals surface area contributed by atoms with Gasteiger partial charge in [0.05, 0.1) is 0 Å². The Morgan fingerprint density at radius 2 is 1.90 bits per heavy atom. The normalized spacial score (nSPS) is 15.0. The van der Waals surface area contributed by atoms with Crippen molar-refractivity contribution in [2.24, 2.45) is 5.92 Å². The molecule has 0 unspecified atom stereocenters. The molecule has 2 heterocycles. The fourth-order valence-electron chi connectivity index (χ4n) is 2.31. The quantitative estimate of drug-likeness (QED) is 0.905. The van der Waals surface area contributed by atoms with Crippen molar-refractivity contribution in [2.75, 3.05) is 24.5 Å². The van der Waals surface area contributed by atoms with Gasteiger partial charge in [-0.2, -0.15) is 0 Å². The van der Waals surface area contributed by atoms with Gasteiger partial charge in [-0.25, -0.2) is 9.97 Å². The number of carbonyl (C=O) groups is 1. The summed E-state index contributed by atoms with van der Waals surface area (Å²) in [6.07, 6.45) is 2.34. The molecule has 0 aromatic carbocycles. The highest BCUT2D eigenvalue weighted by molar-refractivity contribution is 5.92. The van der Waals surface area contributed by atoms with E-state index in [4.69, 9.17) is 0 Å². The first-order valence-corrected chi connectivity index (χ1v) is 7.89. The van der Waals surface area contributed by atoms with Gasteiger partial charge in [0.15, 0.2) is 0 Å². The summed E-state index contributed by atoms with van der Waals surface area (Å²) in [4.78, 5) is 23.5. The Morgan fingerprint density at radius 1 is 1.24 bits per heavy atom. The number of hydrogen-bond acceptors (Lipinski definition) is 4. The van der Waals surface area contributed by atoms with Crippen LogP contribution in [0.1, 0.15) is 62.6 Å². The molecule has 116 valence electrons. The van der Waals surface area contributed by atoms with Gasteiger partial charge < -0.3 is 10.2 Å². The molecule has 0 spiro atoms. The monoisotopic (exact) mass is 290 g/mol. The van der Waals surface area contributed by atoms with Crippen LogP contribution in [-0.4, -0.2) is 35.5 Å². The minimum absolute atomic E-state index is 0.103. The van der Waals surface area contributed by atoms with Gasteiger partial charge in [0.2, 0.25) is 5.95 Å². The molecule has 1 N–H and O–H groups in total. The first-order chi connectivity index (χ1) is 9.97. The Kier molecular flexibility index (Phi) is 5.15. The smallest absolute Gasteiger partial charge is 0.270 e. The van der Waals surface area contributed by atoms with Crippen LogP contribution in [-0.2, 0) is 0 Å². The van der Waals surface area contributed by atoms with E-state index in [0.717, 1.165) is 18.8 Å². The summed E-state index contributed by atoms with van der Waals surface area (Å²) in [5, 5.41) is 2.93. The predicted molar refractivity (Wildman–Crippen MR) is 84.7 cm³/mol. The number of carbonyl (C=O) groups excluding carboxylic acids is 1. The third-order valence-electron chi connectivity index (χ3n) is 3.62. The van der Waals surface area contributed by atoms with Crippen molar-refractivity contribution in [2.45, 2.75) is 46.5 Å². The van der Waals surface area contributed by atoms with Gasteiger partial charge in [0.25, 0.3) is 5.91 Å². The van der Waals surface area contributed by atoms with Gasteiger partial charge in [-0.3, -0.25) is 4.79 Å². The summed E-state index contributed by atoms with van der Waals surface area (Å²) in [5.41, 5.74) is 1.41. The van der Waals surface area contributed by atoms with Crippen LogP contribution < -0.4 is 10.2 Å². The van der Waals surface area contributed by atoms with Crippen molar-refractivity contribution in [3.63, 3.8) is 0 Å². The van der Waals surface area contributed by atoms with Gasteiger partial charge in [0, 0.05) is 25.3 Å². The van der Waals surface area contributed by atoms with Crippen molar-refractivity contribution in [3.05, 3.63) is 17.5 Å². The molecule has 0 atom stereocenters. The van der Waals surface area contributed by atoms with Gasteiger partial charge >= 0.3 is 0 Å². The number of rotatable bonds is 5. The highest BCUT2D eigenvalue weighted by Crippen LogP contribution is 2.20. The summed E-state index contributed by atoms with van der Waals surface area (Å²) in [7, 11) is 0. The number of amides is 1. The molecule has 1 amide bonds. The van der Waals surface area contributed by atoms with E-state index in [2.05, 4.69) is 47.9 Å². The first kappa shape index (κ1) is 15.7. The summed E-state index contributed by atoms with van der Waals surface area (Å²) in [6.45, 7) is 11.0. The van der Waals surface area contributed by atoms with E-state index in [1.54, 1.807) is 0 Å². The molecule has 1 aromatic heterocycles. The molecule has 1 aliphatic rings. The third kappa shape index (κ3) is 4.16. The molecular formula is C16H26N4O. The highest BCUT2D eigenvalue weighted by Gasteiger charge is 2.19. The Bertz CT molecular complexity index is 493. The van der Waals surface area contributed by atoms with E-state index in [1.807, 2.05) is 6.07 Å². The van der Waals surface area contributed by atoms with Crippen LogP contribution in [0.2, 0.25) is 0 Å². The van der Waals surface area contributed by atoms with E-state index < -0.39 is 0 Å². The summed E-state index contributed by atoms with van der Waals surface area (Å²) >= 11 is 0. The summed E-state index contributed by atoms with van der Waals surface area (Å²) in [6, 6.07) is 1.82. The Hall–Kier alpha value is -1.65. The third-order valence-corrected chi connectivity index (χ3v) is 3.62. The minimum Gasteiger partial charge on any atom is -0.350 e. The number of nitrogens with one attached hydrogen (secondary N) is 1. The zero-order valence-electron chi connectivity index (χ0n) is 13.5. The Morgan fingerprint density at radius 3 is 2.48 bits per heavy atom. The first-order valence-electron chi connectivity index (χ1n) is 7.89. The average Bonchev–Trinajstić information content (AvgIpc) is 2.98. The largest absolute Gasteiger partial charge is 0.350 e. The SMILES string of the molecule is CC(C)CNC(=O)c1cc(C(C)C)nc(N2CCCC2)n1. The molecular weight excluding hydrogens is 264 g/mol. The zero-order chi connectivity index (χ0) is 15.4. The van der Waals surface area contributed by atoms with E-state index in [1.165, 1.54) is 12.8 Å². The van der Waals surface area contributed by atoms with Gasteiger partial charge in [-0.05, 0) is 30.7 Å². The number of anilines is 1. The number of hydrogen-bond donors (Lipinski definition) is 1.